The zero-order chi connectivity index (χ0) is 17.8. The zero-order valence-corrected chi connectivity index (χ0v) is 15.9. The van der Waals surface area contributed by atoms with E-state index in [-0.39, 0.29) is 12.1 Å². The molecule has 2 saturated heterocycles. The molecule has 3 aliphatic heterocycles. The van der Waals surface area contributed by atoms with Crippen LogP contribution in [0, 0.1) is 5.21 Å². The average molecular weight is 359 g/mol. The third-order valence-electron chi connectivity index (χ3n) is 6.59. The zero-order valence-electron chi connectivity index (χ0n) is 15.9. The van der Waals surface area contributed by atoms with Crippen molar-refractivity contribution in [3.8, 4) is 0 Å². The van der Waals surface area contributed by atoms with E-state index in [2.05, 4.69) is 27.4 Å². The van der Waals surface area contributed by atoms with Crippen molar-refractivity contribution in [2.24, 2.45) is 0 Å². The van der Waals surface area contributed by atoms with Gasteiger partial charge in [-0.25, -0.2) is 4.76 Å². The SMILES string of the molecule is [O-][N+]12C=CC=CC1CC(/C=C\CCN1CCN(C3CCCCC3)CC1)N2. The lowest BCUT2D eigenvalue weighted by Crippen LogP contribution is -2.50. The number of rotatable bonds is 5. The molecule has 26 heavy (non-hydrogen) atoms. The van der Waals surface area contributed by atoms with E-state index in [1.165, 1.54) is 58.3 Å². The van der Waals surface area contributed by atoms with Crippen LogP contribution in [-0.2, 0) is 0 Å². The third kappa shape index (κ3) is 4.29. The maximum absolute atomic E-state index is 12.6. The van der Waals surface area contributed by atoms with Gasteiger partial charge in [0.2, 0.25) is 0 Å². The second-order valence-corrected chi connectivity index (χ2v) is 8.36. The van der Waals surface area contributed by atoms with E-state index >= 15 is 0 Å². The predicted octanol–water partition coefficient (Wildman–Crippen LogP) is 2.93. The molecule has 0 bridgehead atoms. The minimum atomic E-state index is -0.394. The minimum Gasteiger partial charge on any atom is -0.606 e. The van der Waals surface area contributed by atoms with Crippen molar-refractivity contribution in [3.05, 3.63) is 41.8 Å². The van der Waals surface area contributed by atoms with E-state index in [0.717, 1.165) is 25.4 Å². The number of nitrogens with one attached hydrogen (secondary N) is 1. The second kappa shape index (κ2) is 8.36. The monoisotopic (exact) mass is 358 g/mol. The fourth-order valence-electron chi connectivity index (χ4n) is 4.99. The minimum absolute atomic E-state index is 0.0301. The number of quaternary nitrogens is 1. The van der Waals surface area contributed by atoms with Crippen molar-refractivity contribution in [2.75, 3.05) is 32.7 Å². The highest BCUT2D eigenvalue weighted by molar-refractivity contribution is 5.12. The van der Waals surface area contributed by atoms with Crippen LogP contribution in [0.15, 0.2) is 36.6 Å². The van der Waals surface area contributed by atoms with E-state index in [1.54, 1.807) is 6.20 Å². The molecular formula is C21H34N4O. The Kier molecular flexibility index (Phi) is 5.91. The Morgan fingerprint density at radius 2 is 1.88 bits per heavy atom. The van der Waals surface area contributed by atoms with Crippen LogP contribution in [0.5, 0.6) is 0 Å². The molecule has 3 fully saturated rings. The summed E-state index contributed by atoms with van der Waals surface area (Å²) in [7, 11) is 0. The van der Waals surface area contributed by atoms with Gasteiger partial charge in [0.15, 0.2) is 0 Å². The van der Waals surface area contributed by atoms with Crippen LogP contribution in [0.3, 0.4) is 0 Å². The van der Waals surface area contributed by atoms with E-state index in [0.29, 0.717) is 0 Å². The molecule has 144 valence electrons. The number of hydrogen-bond acceptors (Lipinski definition) is 4. The topological polar surface area (TPSA) is 41.6 Å². The number of nitrogens with zero attached hydrogens (tertiary/aromatic N) is 3. The highest BCUT2D eigenvalue weighted by atomic mass is 16.6. The van der Waals surface area contributed by atoms with Crippen molar-refractivity contribution < 1.29 is 4.76 Å². The predicted molar refractivity (Wildman–Crippen MR) is 106 cm³/mol. The van der Waals surface area contributed by atoms with E-state index < -0.39 is 4.76 Å². The molecule has 1 saturated carbocycles. The van der Waals surface area contributed by atoms with Gasteiger partial charge in [0, 0.05) is 45.2 Å². The van der Waals surface area contributed by atoms with Crippen molar-refractivity contribution in [1.82, 2.24) is 15.2 Å². The summed E-state index contributed by atoms with van der Waals surface area (Å²) in [5, 5.41) is 12.6. The van der Waals surface area contributed by atoms with Crippen LogP contribution >= 0.6 is 0 Å². The fraction of sp³-hybridized carbons (Fsp3) is 0.714. The largest absolute Gasteiger partial charge is 0.606 e. The molecule has 4 aliphatic rings. The molecule has 0 aromatic rings. The highest BCUT2D eigenvalue weighted by Crippen LogP contribution is 2.27. The van der Waals surface area contributed by atoms with Gasteiger partial charge in [-0.1, -0.05) is 37.5 Å². The molecule has 1 N–H and O–H groups in total. The van der Waals surface area contributed by atoms with E-state index in [4.69, 9.17) is 0 Å². The number of hydroxylamine groups is 2. The molecule has 1 aliphatic carbocycles. The van der Waals surface area contributed by atoms with Gasteiger partial charge in [0.05, 0.1) is 6.04 Å². The number of piperazine rings is 1. The normalized spacial score (nSPS) is 36.8. The molecule has 5 heteroatoms. The number of allylic oxidation sites excluding steroid dienone is 2. The molecule has 3 atom stereocenters. The Morgan fingerprint density at radius 3 is 2.65 bits per heavy atom. The van der Waals surface area contributed by atoms with Gasteiger partial charge < -0.3 is 10.1 Å². The first-order valence-electron chi connectivity index (χ1n) is 10.6. The molecule has 0 spiro atoms. The molecule has 0 aromatic heterocycles. The van der Waals surface area contributed by atoms with Gasteiger partial charge in [0.25, 0.3) is 0 Å². The van der Waals surface area contributed by atoms with Crippen molar-refractivity contribution >= 4 is 0 Å². The molecular weight excluding hydrogens is 324 g/mol. The molecule has 0 aromatic carbocycles. The van der Waals surface area contributed by atoms with Gasteiger partial charge >= 0.3 is 0 Å². The number of fused-ring (bicyclic) bond motifs is 1. The lowest BCUT2D eigenvalue weighted by molar-refractivity contribution is -0.881. The Balaban J connectivity index is 1.15. The first-order valence-corrected chi connectivity index (χ1v) is 10.6. The standard InChI is InChI=1S/C21H34N4O/c26-25-17-7-5-11-21(25)18-19(22-25)8-4-6-12-23-13-15-24(16-14-23)20-9-2-1-3-10-20/h4-5,7-8,11,17,19-22H,1-3,6,9-10,12-16,18H2/b8-4-. The highest BCUT2D eigenvalue weighted by Gasteiger charge is 2.38. The summed E-state index contributed by atoms with van der Waals surface area (Å²) in [4.78, 5) is 5.34. The second-order valence-electron chi connectivity index (χ2n) is 8.36. The number of hydrogen-bond donors (Lipinski definition) is 1. The lowest BCUT2D eigenvalue weighted by atomic mass is 9.94. The van der Waals surface area contributed by atoms with Crippen molar-refractivity contribution in [3.63, 3.8) is 0 Å². The summed E-state index contributed by atoms with van der Waals surface area (Å²) in [5.74, 6) is 0. The lowest BCUT2D eigenvalue weighted by Gasteiger charge is -2.40. The van der Waals surface area contributed by atoms with Crippen LogP contribution < -0.4 is 5.43 Å². The molecule has 4 rings (SSSR count). The van der Waals surface area contributed by atoms with Crippen LogP contribution in [0.4, 0.5) is 0 Å². The maximum atomic E-state index is 12.6. The molecule has 0 amide bonds. The van der Waals surface area contributed by atoms with Crippen LogP contribution in [0.2, 0.25) is 0 Å². The van der Waals surface area contributed by atoms with Crippen LogP contribution in [0.1, 0.15) is 44.9 Å². The first-order chi connectivity index (χ1) is 12.7. The summed E-state index contributed by atoms with van der Waals surface area (Å²) in [6.07, 6.45) is 21.2. The Labute approximate surface area is 158 Å². The van der Waals surface area contributed by atoms with E-state index in [1.807, 2.05) is 18.2 Å². The summed E-state index contributed by atoms with van der Waals surface area (Å²) < 4.78 is -0.394. The summed E-state index contributed by atoms with van der Waals surface area (Å²) in [5.41, 5.74) is 3.19. The van der Waals surface area contributed by atoms with Crippen molar-refractivity contribution in [2.45, 2.75) is 63.1 Å². The molecule has 3 heterocycles. The molecule has 3 unspecified atom stereocenters. The van der Waals surface area contributed by atoms with Gasteiger partial charge in [-0.05, 0) is 31.4 Å². The summed E-state index contributed by atoms with van der Waals surface area (Å²) in [6, 6.07) is 1.08. The Bertz CT molecular complexity index is 546. The summed E-state index contributed by atoms with van der Waals surface area (Å²) >= 11 is 0. The van der Waals surface area contributed by atoms with Crippen LogP contribution in [0.25, 0.3) is 0 Å². The quantitative estimate of drug-likeness (QED) is 0.466. The fourth-order valence-corrected chi connectivity index (χ4v) is 4.99. The van der Waals surface area contributed by atoms with E-state index in [9.17, 15) is 5.21 Å². The Hall–Kier alpha value is -0.980. The van der Waals surface area contributed by atoms with Gasteiger partial charge in [-0.2, -0.15) is 5.43 Å². The summed E-state index contributed by atoms with van der Waals surface area (Å²) in [6.45, 7) is 6.06. The van der Waals surface area contributed by atoms with Crippen LogP contribution in [-0.4, -0.2) is 65.4 Å². The average Bonchev–Trinajstić information content (AvgIpc) is 3.02. The molecule has 5 nitrogen and oxygen atoms in total. The van der Waals surface area contributed by atoms with Crippen molar-refractivity contribution in [1.29, 1.82) is 0 Å². The van der Waals surface area contributed by atoms with Gasteiger partial charge in [0.1, 0.15) is 12.2 Å². The smallest absolute Gasteiger partial charge is 0.132 e. The maximum Gasteiger partial charge on any atom is 0.132 e. The van der Waals surface area contributed by atoms with Gasteiger partial charge in [-0.15, -0.1) is 0 Å². The van der Waals surface area contributed by atoms with Gasteiger partial charge in [-0.3, -0.25) is 4.90 Å². The first kappa shape index (κ1) is 18.4. The Morgan fingerprint density at radius 1 is 1.08 bits per heavy atom. The third-order valence-corrected chi connectivity index (χ3v) is 6.59. The molecule has 0 radical (unpaired) electrons.